The summed E-state index contributed by atoms with van der Waals surface area (Å²) in [6.07, 6.45) is 5.70. The molecule has 1 amide bonds. The van der Waals surface area contributed by atoms with Crippen LogP contribution in [0.1, 0.15) is 27.6 Å². The predicted octanol–water partition coefficient (Wildman–Crippen LogP) is 1.36. The van der Waals surface area contributed by atoms with Gasteiger partial charge in [0.1, 0.15) is 10.7 Å². The van der Waals surface area contributed by atoms with Crippen molar-refractivity contribution in [1.82, 2.24) is 24.8 Å². The van der Waals surface area contributed by atoms with Crippen molar-refractivity contribution in [3.05, 3.63) is 40.4 Å². The molecule has 0 bridgehead atoms. The lowest BCUT2D eigenvalue weighted by atomic mass is 9.98. The van der Waals surface area contributed by atoms with Crippen LogP contribution in [0.4, 0.5) is 0 Å². The maximum atomic E-state index is 12.9. The van der Waals surface area contributed by atoms with Crippen LogP contribution in [-0.4, -0.2) is 69.0 Å². The van der Waals surface area contributed by atoms with Crippen LogP contribution in [0.15, 0.2) is 24.0 Å². The number of carbonyl (C=O) groups excluding carboxylic acids is 1. The number of piperidine rings is 1. The minimum absolute atomic E-state index is 0.0538. The van der Waals surface area contributed by atoms with Crippen molar-refractivity contribution in [2.45, 2.75) is 32.0 Å². The number of aryl methyl sites for hydroxylation is 1. The molecule has 0 aliphatic carbocycles. The molecule has 2 aliphatic rings. The van der Waals surface area contributed by atoms with Gasteiger partial charge in [0.05, 0.1) is 31.5 Å². The Labute approximate surface area is 150 Å². The Morgan fingerprint density at radius 1 is 1.40 bits per heavy atom. The van der Waals surface area contributed by atoms with Crippen LogP contribution in [0.25, 0.3) is 0 Å². The van der Waals surface area contributed by atoms with E-state index in [0.717, 1.165) is 36.8 Å². The summed E-state index contributed by atoms with van der Waals surface area (Å²) in [6.45, 7) is 5.79. The number of thiazole rings is 1. The Kier molecular flexibility index (Phi) is 4.74. The van der Waals surface area contributed by atoms with E-state index in [-0.39, 0.29) is 18.1 Å². The first-order valence-electron chi connectivity index (χ1n) is 8.52. The first-order valence-corrected chi connectivity index (χ1v) is 9.40. The highest BCUT2D eigenvalue weighted by Crippen LogP contribution is 2.25. The molecule has 132 valence electrons. The molecule has 2 aliphatic heterocycles. The van der Waals surface area contributed by atoms with E-state index in [4.69, 9.17) is 4.74 Å². The average Bonchev–Trinajstić information content (AvgIpc) is 3.06. The van der Waals surface area contributed by atoms with E-state index >= 15 is 0 Å². The fourth-order valence-corrected chi connectivity index (χ4v) is 4.37. The lowest BCUT2D eigenvalue weighted by molar-refractivity contribution is -0.0915. The zero-order valence-electron chi connectivity index (χ0n) is 14.2. The normalized spacial score (nSPS) is 24.1. The number of rotatable bonds is 3. The molecule has 8 heteroatoms. The third-order valence-electron chi connectivity index (χ3n) is 4.74. The van der Waals surface area contributed by atoms with Crippen molar-refractivity contribution in [2.75, 3.05) is 26.2 Å². The predicted molar refractivity (Wildman–Crippen MR) is 93.3 cm³/mol. The van der Waals surface area contributed by atoms with E-state index in [2.05, 4.69) is 25.2 Å². The van der Waals surface area contributed by atoms with Crippen molar-refractivity contribution in [1.29, 1.82) is 0 Å². The van der Waals surface area contributed by atoms with Crippen molar-refractivity contribution in [3.8, 4) is 0 Å². The van der Waals surface area contributed by atoms with Crippen LogP contribution in [0.2, 0.25) is 0 Å². The molecular formula is C17H21N5O2S. The van der Waals surface area contributed by atoms with Crippen LogP contribution in [0.5, 0.6) is 0 Å². The molecule has 0 radical (unpaired) electrons. The fraction of sp³-hybridized carbons (Fsp3) is 0.529. The maximum absolute atomic E-state index is 12.9. The van der Waals surface area contributed by atoms with E-state index in [1.54, 1.807) is 23.7 Å². The number of aromatic nitrogens is 3. The van der Waals surface area contributed by atoms with Crippen molar-refractivity contribution < 1.29 is 9.53 Å². The zero-order chi connectivity index (χ0) is 17.2. The van der Waals surface area contributed by atoms with E-state index in [9.17, 15) is 4.79 Å². The van der Waals surface area contributed by atoms with Gasteiger partial charge in [0.2, 0.25) is 0 Å². The highest BCUT2D eigenvalue weighted by molar-refractivity contribution is 7.09. The number of carbonyl (C=O) groups is 1. The van der Waals surface area contributed by atoms with Gasteiger partial charge in [-0.3, -0.25) is 14.7 Å². The van der Waals surface area contributed by atoms with Gasteiger partial charge in [0.25, 0.3) is 5.91 Å². The monoisotopic (exact) mass is 359 g/mol. The molecule has 4 rings (SSSR count). The molecule has 0 N–H and O–H groups in total. The summed E-state index contributed by atoms with van der Waals surface area (Å²) in [4.78, 5) is 29.9. The van der Waals surface area contributed by atoms with E-state index < -0.39 is 0 Å². The summed E-state index contributed by atoms with van der Waals surface area (Å²) in [7, 11) is 0. The molecule has 0 unspecified atom stereocenters. The molecule has 2 saturated heterocycles. The Bertz CT molecular complexity index is 738. The third-order valence-corrected chi connectivity index (χ3v) is 5.69. The molecule has 2 atom stereocenters. The Balaban J connectivity index is 1.48. The molecule has 2 fully saturated rings. The van der Waals surface area contributed by atoms with E-state index in [0.29, 0.717) is 18.8 Å². The molecule has 0 aromatic carbocycles. The van der Waals surface area contributed by atoms with Gasteiger partial charge in [0.15, 0.2) is 0 Å². The summed E-state index contributed by atoms with van der Waals surface area (Å²) in [5.74, 6) is -0.0571. The topological polar surface area (TPSA) is 71.5 Å². The quantitative estimate of drug-likeness (QED) is 0.824. The van der Waals surface area contributed by atoms with Crippen LogP contribution >= 0.6 is 11.3 Å². The minimum atomic E-state index is -0.0571. The highest BCUT2D eigenvalue weighted by Gasteiger charge is 2.39. The maximum Gasteiger partial charge on any atom is 0.274 e. The minimum Gasteiger partial charge on any atom is -0.374 e. The Morgan fingerprint density at radius 2 is 2.32 bits per heavy atom. The molecule has 0 spiro atoms. The SMILES string of the molecule is Cc1csc(CN2CC[C@@H]3OCCN(C(=O)c4cnccn4)[C@H]3C2)n1. The second kappa shape index (κ2) is 7.15. The van der Waals surface area contributed by atoms with Gasteiger partial charge in [-0.25, -0.2) is 9.97 Å². The van der Waals surface area contributed by atoms with E-state index in [1.165, 1.54) is 6.20 Å². The molecular weight excluding hydrogens is 338 g/mol. The van der Waals surface area contributed by atoms with Crippen molar-refractivity contribution in [2.24, 2.45) is 0 Å². The molecule has 0 saturated carbocycles. The van der Waals surface area contributed by atoms with Gasteiger partial charge in [-0.1, -0.05) is 0 Å². The number of likely N-dealkylation sites (tertiary alicyclic amines) is 1. The Morgan fingerprint density at radius 3 is 3.08 bits per heavy atom. The number of ether oxygens (including phenoxy) is 1. The number of amides is 1. The average molecular weight is 359 g/mol. The fourth-order valence-electron chi connectivity index (χ4n) is 3.56. The number of morpholine rings is 1. The van der Waals surface area contributed by atoms with Gasteiger partial charge in [0, 0.05) is 43.1 Å². The largest absolute Gasteiger partial charge is 0.374 e. The number of hydrogen-bond acceptors (Lipinski definition) is 7. The highest BCUT2D eigenvalue weighted by atomic mass is 32.1. The number of fused-ring (bicyclic) bond motifs is 1. The summed E-state index contributed by atoms with van der Waals surface area (Å²) >= 11 is 1.69. The summed E-state index contributed by atoms with van der Waals surface area (Å²) in [6, 6.07) is 0.0538. The van der Waals surface area contributed by atoms with Crippen molar-refractivity contribution in [3.63, 3.8) is 0 Å². The van der Waals surface area contributed by atoms with Crippen LogP contribution in [-0.2, 0) is 11.3 Å². The van der Waals surface area contributed by atoms with Crippen LogP contribution in [0.3, 0.4) is 0 Å². The van der Waals surface area contributed by atoms with Gasteiger partial charge in [-0.05, 0) is 13.3 Å². The first-order chi connectivity index (χ1) is 12.2. The molecule has 25 heavy (non-hydrogen) atoms. The number of nitrogens with zero attached hydrogens (tertiary/aromatic N) is 5. The van der Waals surface area contributed by atoms with Gasteiger partial charge < -0.3 is 9.64 Å². The summed E-state index contributed by atoms with van der Waals surface area (Å²) < 4.78 is 5.93. The summed E-state index contributed by atoms with van der Waals surface area (Å²) in [5.41, 5.74) is 1.46. The standard InChI is InChI=1S/C17H21N5O2S/c1-12-11-25-16(20-12)10-21-5-2-15-14(9-21)22(6-7-24-15)17(23)13-8-18-3-4-19-13/h3-4,8,11,14-15H,2,5-7,9-10H2,1H3/t14-,15-/m0/s1. The van der Waals surface area contributed by atoms with E-state index in [1.807, 2.05) is 11.8 Å². The second-order valence-corrected chi connectivity index (χ2v) is 7.41. The summed E-state index contributed by atoms with van der Waals surface area (Å²) in [5, 5.41) is 3.20. The van der Waals surface area contributed by atoms with Crippen LogP contribution in [0, 0.1) is 6.92 Å². The first kappa shape index (κ1) is 16.6. The lowest BCUT2D eigenvalue weighted by Gasteiger charge is -2.46. The third kappa shape index (κ3) is 3.56. The van der Waals surface area contributed by atoms with Gasteiger partial charge >= 0.3 is 0 Å². The van der Waals surface area contributed by atoms with Gasteiger partial charge in [-0.15, -0.1) is 11.3 Å². The van der Waals surface area contributed by atoms with Gasteiger partial charge in [-0.2, -0.15) is 0 Å². The molecule has 7 nitrogen and oxygen atoms in total. The Hall–Kier alpha value is -1.90. The van der Waals surface area contributed by atoms with Crippen LogP contribution < -0.4 is 0 Å². The molecule has 2 aromatic rings. The smallest absolute Gasteiger partial charge is 0.274 e. The molecule has 4 heterocycles. The molecule has 2 aromatic heterocycles. The second-order valence-electron chi connectivity index (χ2n) is 6.47. The number of hydrogen-bond donors (Lipinski definition) is 0. The van der Waals surface area contributed by atoms with Crippen molar-refractivity contribution >= 4 is 17.2 Å². The zero-order valence-corrected chi connectivity index (χ0v) is 15.0. The lowest BCUT2D eigenvalue weighted by Crippen LogP contribution is -2.61.